The Morgan fingerprint density at radius 3 is 1.25 bits per heavy atom. The zero-order valence-electron chi connectivity index (χ0n) is 22.3. The highest BCUT2D eigenvalue weighted by Gasteiger charge is 2.47. The molecule has 0 rings (SSSR count). The predicted octanol–water partition coefficient (Wildman–Crippen LogP) is 9.96. The molecule has 0 saturated heterocycles. The van der Waals surface area contributed by atoms with Crippen molar-refractivity contribution in [3.63, 3.8) is 0 Å². The molecule has 0 N–H and O–H groups in total. The van der Waals surface area contributed by atoms with Gasteiger partial charge >= 0.3 is 7.68 Å². The van der Waals surface area contributed by atoms with E-state index in [-0.39, 0.29) is 0 Å². The van der Waals surface area contributed by atoms with E-state index < -0.39 is 13.0 Å². The molecule has 0 aliphatic heterocycles. The molecule has 1 unspecified atom stereocenters. The van der Waals surface area contributed by atoms with Gasteiger partial charge in [0.1, 0.15) is 0 Å². The molecule has 0 aromatic heterocycles. The minimum Gasteiger partial charge on any atom is -0.314 e. The minimum absolute atomic E-state index is 0.523. The maximum atomic E-state index is 12.1. The second kappa shape index (κ2) is 20.0. The number of unbranched alkanes of at least 4 members (excludes halogenated alkanes) is 17. The van der Waals surface area contributed by atoms with Gasteiger partial charge in [0.25, 0.3) is 0 Å². The maximum Gasteiger partial charge on any atom is 0.378 e. The molecule has 0 aliphatic rings. The summed E-state index contributed by atoms with van der Waals surface area (Å²) >= 11 is 0. The van der Waals surface area contributed by atoms with Crippen LogP contribution < -0.4 is 0 Å². The molecule has 1 atom stereocenters. The first kappa shape index (κ1) is 31.6. The summed E-state index contributed by atoms with van der Waals surface area (Å²) in [5.74, 6) is 0. The van der Waals surface area contributed by atoms with Crippen molar-refractivity contribution < 1.29 is 13.6 Å². The van der Waals surface area contributed by atoms with Crippen molar-refractivity contribution in [2.75, 3.05) is 21.1 Å². The fourth-order valence-corrected chi connectivity index (χ4v) is 6.21. The lowest BCUT2D eigenvalue weighted by Crippen LogP contribution is -2.53. The molecule has 0 aromatic rings. The summed E-state index contributed by atoms with van der Waals surface area (Å²) in [6.07, 6.45) is 28.6. The number of rotatable bonds is 24. The van der Waals surface area contributed by atoms with Gasteiger partial charge in [-0.1, -0.05) is 109 Å². The molecule has 4 heteroatoms. The SMILES string of the molecule is C=CCCCCCCCCCCCCCCCCCCCC(CCC)(P(=O)=O)[N+](C)(C)C. The van der Waals surface area contributed by atoms with Gasteiger partial charge in [0.2, 0.25) is 5.28 Å². The molecule has 0 radical (unpaired) electrons. The molecule has 0 fully saturated rings. The van der Waals surface area contributed by atoms with Crippen LogP contribution in [-0.2, 0) is 9.13 Å². The highest BCUT2D eigenvalue weighted by molar-refractivity contribution is 7.32. The van der Waals surface area contributed by atoms with Gasteiger partial charge in [-0.25, -0.2) is 9.13 Å². The number of hydrogen-bond acceptors (Lipinski definition) is 2. The van der Waals surface area contributed by atoms with Gasteiger partial charge in [0.05, 0.1) is 21.1 Å². The van der Waals surface area contributed by atoms with Crippen LogP contribution in [0.5, 0.6) is 0 Å². The Kier molecular flexibility index (Phi) is 19.8. The fourth-order valence-electron chi connectivity index (χ4n) is 4.97. The predicted molar refractivity (Wildman–Crippen MR) is 142 cm³/mol. The van der Waals surface area contributed by atoms with Crippen LogP contribution in [0.4, 0.5) is 0 Å². The maximum absolute atomic E-state index is 12.1. The average Bonchev–Trinajstić information content (AvgIpc) is 2.73. The Balaban J connectivity index is 3.57. The third-order valence-electron chi connectivity index (χ3n) is 7.22. The Morgan fingerprint density at radius 2 is 0.969 bits per heavy atom. The molecule has 190 valence electrons. The van der Waals surface area contributed by atoms with Crippen molar-refractivity contribution in [2.45, 2.75) is 147 Å². The van der Waals surface area contributed by atoms with Gasteiger partial charge in [0.15, 0.2) is 0 Å². The smallest absolute Gasteiger partial charge is 0.314 e. The van der Waals surface area contributed by atoms with Gasteiger partial charge < -0.3 is 4.48 Å². The summed E-state index contributed by atoms with van der Waals surface area (Å²) in [6.45, 7) is 5.88. The van der Waals surface area contributed by atoms with Gasteiger partial charge in [-0.05, 0) is 25.7 Å². The molecular formula is C28H57NO2P+. The zero-order valence-corrected chi connectivity index (χ0v) is 23.2. The second-order valence-electron chi connectivity index (χ2n) is 10.8. The van der Waals surface area contributed by atoms with Gasteiger partial charge in [-0.3, -0.25) is 0 Å². The van der Waals surface area contributed by atoms with E-state index in [4.69, 9.17) is 0 Å². The van der Waals surface area contributed by atoms with E-state index in [1.165, 1.54) is 109 Å². The lowest BCUT2D eigenvalue weighted by atomic mass is 9.99. The van der Waals surface area contributed by atoms with Crippen molar-refractivity contribution in [1.29, 1.82) is 0 Å². The zero-order chi connectivity index (χ0) is 24.1. The van der Waals surface area contributed by atoms with Crippen LogP contribution in [0.15, 0.2) is 12.7 Å². The quantitative estimate of drug-likeness (QED) is 0.0608. The van der Waals surface area contributed by atoms with Crippen molar-refractivity contribution in [3.8, 4) is 0 Å². The average molecular weight is 471 g/mol. The number of allylic oxidation sites excluding steroid dienone is 1. The van der Waals surface area contributed by atoms with Crippen molar-refractivity contribution in [3.05, 3.63) is 12.7 Å². The van der Waals surface area contributed by atoms with E-state index in [1.54, 1.807) is 0 Å². The van der Waals surface area contributed by atoms with E-state index in [0.29, 0.717) is 4.48 Å². The molecule has 32 heavy (non-hydrogen) atoms. The topological polar surface area (TPSA) is 34.1 Å². The number of hydrogen-bond donors (Lipinski definition) is 0. The molecule has 0 aromatic carbocycles. The van der Waals surface area contributed by atoms with E-state index in [0.717, 1.165) is 25.7 Å². The van der Waals surface area contributed by atoms with Crippen molar-refractivity contribution in [1.82, 2.24) is 0 Å². The van der Waals surface area contributed by atoms with Gasteiger partial charge in [0, 0.05) is 12.8 Å². The minimum atomic E-state index is -2.42. The van der Waals surface area contributed by atoms with E-state index in [2.05, 4.69) is 13.5 Å². The van der Waals surface area contributed by atoms with Crippen LogP contribution in [0.25, 0.3) is 0 Å². The molecule has 0 saturated carbocycles. The largest absolute Gasteiger partial charge is 0.378 e. The lowest BCUT2D eigenvalue weighted by Gasteiger charge is -2.41. The van der Waals surface area contributed by atoms with Crippen LogP contribution in [0.3, 0.4) is 0 Å². The molecular weight excluding hydrogens is 413 g/mol. The molecule has 0 bridgehead atoms. The summed E-state index contributed by atoms with van der Waals surface area (Å²) < 4.78 is 24.7. The van der Waals surface area contributed by atoms with E-state index >= 15 is 0 Å². The van der Waals surface area contributed by atoms with Crippen LogP contribution in [-0.4, -0.2) is 30.9 Å². The highest BCUT2D eigenvalue weighted by atomic mass is 31.1. The third-order valence-corrected chi connectivity index (χ3v) is 8.95. The highest BCUT2D eigenvalue weighted by Crippen LogP contribution is 2.44. The first-order valence-corrected chi connectivity index (χ1v) is 15.1. The Morgan fingerprint density at radius 1 is 0.625 bits per heavy atom. The monoisotopic (exact) mass is 470 g/mol. The van der Waals surface area contributed by atoms with Gasteiger partial charge in [-0.2, -0.15) is 0 Å². The molecule has 3 nitrogen and oxygen atoms in total. The summed E-state index contributed by atoms with van der Waals surface area (Å²) in [4.78, 5) is 0. The normalized spacial score (nSPS) is 13.8. The fraction of sp³-hybridized carbons (Fsp3) is 0.929. The van der Waals surface area contributed by atoms with Gasteiger partial charge in [-0.15, -0.1) is 6.58 Å². The second-order valence-corrected chi connectivity index (χ2v) is 12.2. The summed E-state index contributed by atoms with van der Waals surface area (Å²) in [6, 6.07) is 0. The first-order valence-electron chi connectivity index (χ1n) is 13.9. The van der Waals surface area contributed by atoms with Crippen LogP contribution in [0.1, 0.15) is 142 Å². The lowest BCUT2D eigenvalue weighted by molar-refractivity contribution is -0.908. The molecule has 0 amide bonds. The summed E-state index contributed by atoms with van der Waals surface area (Å²) in [5, 5.41) is -0.588. The standard InChI is InChI=1S/C28H57NO2P/c1-6-8-9-10-11-12-13-14-15-16-17-18-19-20-21-22-23-24-25-27-28(26-7-2,32(30)31)29(3,4)5/h6H,1,7-27H2,2-5H3/q+1. The van der Waals surface area contributed by atoms with Crippen molar-refractivity contribution >= 4 is 7.68 Å². The Hall–Kier alpha value is -0.400. The molecule has 0 heterocycles. The van der Waals surface area contributed by atoms with Crippen LogP contribution >= 0.6 is 7.68 Å². The molecule has 0 aliphatic carbocycles. The summed E-state index contributed by atoms with van der Waals surface area (Å²) in [5.41, 5.74) is 0. The first-order chi connectivity index (χ1) is 15.3. The van der Waals surface area contributed by atoms with Crippen molar-refractivity contribution in [2.24, 2.45) is 0 Å². The number of nitrogens with zero attached hydrogens (tertiary/aromatic N) is 1. The molecule has 0 spiro atoms. The van der Waals surface area contributed by atoms with E-state index in [9.17, 15) is 9.13 Å². The Bertz CT molecular complexity index is 502. The third kappa shape index (κ3) is 14.7. The van der Waals surface area contributed by atoms with Crippen LogP contribution in [0, 0.1) is 0 Å². The number of quaternary nitrogens is 1. The van der Waals surface area contributed by atoms with Crippen LogP contribution in [0.2, 0.25) is 0 Å². The van der Waals surface area contributed by atoms with E-state index in [1.807, 2.05) is 27.2 Å². The summed E-state index contributed by atoms with van der Waals surface area (Å²) in [7, 11) is 3.69. The Labute approximate surface area is 202 Å².